The van der Waals surface area contributed by atoms with Gasteiger partial charge in [-0.2, -0.15) is 0 Å². The van der Waals surface area contributed by atoms with E-state index in [9.17, 15) is 22.8 Å². The number of cyclic esters (lactones) is 1. The van der Waals surface area contributed by atoms with Gasteiger partial charge in [0.05, 0.1) is 22.9 Å². The molecule has 0 bridgehead atoms. The molecule has 13 heteroatoms. The van der Waals surface area contributed by atoms with Gasteiger partial charge < -0.3 is 14.8 Å². The molecule has 2 aliphatic heterocycles. The number of hydrogen-bond acceptors (Lipinski definition) is 9. The molecular weight excluding hydrogens is 869 g/mol. The molecule has 362 valence electrons. The number of sulfonamides is 1. The summed E-state index contributed by atoms with van der Waals surface area (Å²) < 4.78 is 42.0. The zero-order valence-corrected chi connectivity index (χ0v) is 42.0. The molecular formula is C53H76N4O7S2. The highest BCUT2D eigenvalue weighted by Crippen LogP contribution is 2.41. The molecule has 1 atom stereocenters. The summed E-state index contributed by atoms with van der Waals surface area (Å²) in [6.07, 6.45) is 24.6. The molecule has 1 unspecified atom stereocenters. The number of ether oxygens (including phenoxy) is 2. The number of aryl methyl sites for hydroxylation is 1. The van der Waals surface area contributed by atoms with E-state index in [0.29, 0.717) is 23.6 Å². The van der Waals surface area contributed by atoms with Crippen LogP contribution in [0.5, 0.6) is 5.75 Å². The highest BCUT2D eigenvalue weighted by molar-refractivity contribution is 7.99. The zero-order valence-electron chi connectivity index (χ0n) is 40.4. The first-order chi connectivity index (χ1) is 31.9. The van der Waals surface area contributed by atoms with E-state index in [1.165, 1.54) is 128 Å². The van der Waals surface area contributed by atoms with E-state index in [1.54, 1.807) is 30.3 Å². The Balaban J connectivity index is 1.31. The molecule has 3 amide bonds. The monoisotopic (exact) mass is 945 g/mol. The second-order valence-corrected chi connectivity index (χ2v) is 21.3. The number of imide groups is 1. The van der Waals surface area contributed by atoms with E-state index in [0.717, 1.165) is 63.9 Å². The number of anilines is 1. The first-order valence-electron chi connectivity index (χ1n) is 25.0. The zero-order chi connectivity index (χ0) is 47.4. The molecule has 0 aliphatic carbocycles. The standard InChI is InChI=1S/C53H76N4O7S2/c1-6-8-10-12-14-15-16-17-18-19-20-21-22-23-24-30-38-56-49(54-43-33-27-29-35-47(43)66(56,61)62)48(57-51(59)53(4,5)64-52(57)60)50(58)55-42-32-26-28-34-45(42)65-46-40-41(3)36-37-44(46)63-39-31-25-13-11-9-7-2/h26-29,32-37,40,48H,6-25,30-31,38-39H2,1-5H3,(H,55,58). The summed E-state index contributed by atoms with van der Waals surface area (Å²) in [5.41, 5.74) is -0.0210. The predicted molar refractivity (Wildman–Crippen MR) is 267 cm³/mol. The maximum absolute atomic E-state index is 14.9. The van der Waals surface area contributed by atoms with Gasteiger partial charge in [-0.05, 0) is 75.6 Å². The highest BCUT2D eigenvalue weighted by atomic mass is 32.2. The van der Waals surface area contributed by atoms with Crippen LogP contribution in [0.1, 0.15) is 175 Å². The minimum Gasteiger partial charge on any atom is -0.492 e. The molecule has 3 aromatic carbocycles. The van der Waals surface area contributed by atoms with Crippen LogP contribution < -0.4 is 10.1 Å². The van der Waals surface area contributed by atoms with E-state index in [2.05, 4.69) is 19.2 Å². The van der Waals surface area contributed by atoms with Gasteiger partial charge in [0.1, 0.15) is 10.6 Å². The first-order valence-corrected chi connectivity index (χ1v) is 27.2. The van der Waals surface area contributed by atoms with E-state index in [-0.39, 0.29) is 23.0 Å². The van der Waals surface area contributed by atoms with Crippen molar-refractivity contribution in [3.8, 4) is 5.75 Å². The third-order valence-electron chi connectivity index (χ3n) is 12.4. The molecule has 2 aliphatic rings. The number of carbonyl (C=O) groups is 3. The summed E-state index contributed by atoms with van der Waals surface area (Å²) in [6.45, 7) is 9.97. The molecule has 1 N–H and O–H groups in total. The van der Waals surface area contributed by atoms with Gasteiger partial charge in [0.2, 0.25) is 0 Å². The number of rotatable bonds is 31. The van der Waals surface area contributed by atoms with Gasteiger partial charge in [0.25, 0.3) is 21.8 Å². The van der Waals surface area contributed by atoms with Crippen LogP contribution >= 0.6 is 11.8 Å². The van der Waals surface area contributed by atoms with Gasteiger partial charge in [-0.3, -0.25) is 13.9 Å². The number of fused-ring (bicyclic) bond motifs is 1. The van der Waals surface area contributed by atoms with Crippen LogP contribution in [0.4, 0.5) is 16.2 Å². The average Bonchev–Trinajstić information content (AvgIpc) is 3.49. The summed E-state index contributed by atoms with van der Waals surface area (Å²) in [4.78, 5) is 49.7. The quantitative estimate of drug-likeness (QED) is 0.0630. The minimum atomic E-state index is -4.26. The van der Waals surface area contributed by atoms with Gasteiger partial charge in [-0.25, -0.2) is 23.1 Å². The van der Waals surface area contributed by atoms with Crippen LogP contribution in [0.2, 0.25) is 0 Å². The van der Waals surface area contributed by atoms with Crippen molar-refractivity contribution in [3.05, 3.63) is 72.3 Å². The highest BCUT2D eigenvalue weighted by Gasteiger charge is 2.55. The second-order valence-electron chi connectivity index (χ2n) is 18.4. The summed E-state index contributed by atoms with van der Waals surface area (Å²) >= 11 is 1.42. The van der Waals surface area contributed by atoms with E-state index in [1.807, 2.05) is 37.3 Å². The minimum absolute atomic E-state index is 0.00512. The summed E-state index contributed by atoms with van der Waals surface area (Å²) in [6, 6.07) is 17.8. The predicted octanol–water partition coefficient (Wildman–Crippen LogP) is 13.9. The van der Waals surface area contributed by atoms with Crippen LogP contribution in [0, 0.1) is 6.92 Å². The lowest BCUT2D eigenvalue weighted by atomic mass is 10.0. The van der Waals surface area contributed by atoms with E-state index < -0.39 is 39.6 Å². The smallest absolute Gasteiger partial charge is 0.418 e. The van der Waals surface area contributed by atoms with Gasteiger partial charge in [0.15, 0.2) is 17.5 Å². The molecule has 11 nitrogen and oxygen atoms in total. The number of nitrogens with one attached hydrogen (secondary N) is 1. The van der Waals surface area contributed by atoms with E-state index in [4.69, 9.17) is 14.5 Å². The van der Waals surface area contributed by atoms with Crippen molar-refractivity contribution in [2.24, 2.45) is 4.99 Å². The fourth-order valence-electron chi connectivity index (χ4n) is 8.54. The normalized spacial score (nSPS) is 15.6. The van der Waals surface area contributed by atoms with Crippen molar-refractivity contribution >= 4 is 56.9 Å². The molecule has 1 saturated heterocycles. The van der Waals surface area contributed by atoms with Gasteiger partial charge in [-0.1, -0.05) is 184 Å². The molecule has 3 aromatic rings. The van der Waals surface area contributed by atoms with Crippen molar-refractivity contribution in [2.75, 3.05) is 18.5 Å². The Morgan fingerprint density at radius 2 is 1.27 bits per heavy atom. The van der Waals surface area contributed by atoms with Gasteiger partial charge in [0, 0.05) is 11.4 Å². The van der Waals surface area contributed by atoms with Crippen molar-refractivity contribution in [2.45, 2.75) is 202 Å². The fourth-order valence-corrected chi connectivity index (χ4v) is 11.2. The molecule has 66 heavy (non-hydrogen) atoms. The first kappa shape index (κ1) is 52.6. The van der Waals surface area contributed by atoms with Crippen LogP contribution in [0.25, 0.3) is 0 Å². The molecule has 2 heterocycles. The lowest BCUT2D eigenvalue weighted by molar-refractivity contribution is -0.137. The number of unbranched alkanes of at least 4 members (excludes halogenated alkanes) is 20. The Kier molecular flexibility index (Phi) is 21.4. The van der Waals surface area contributed by atoms with Crippen LogP contribution in [0.15, 0.2) is 86.4 Å². The van der Waals surface area contributed by atoms with Crippen molar-refractivity contribution < 1.29 is 32.3 Å². The third-order valence-corrected chi connectivity index (χ3v) is 15.3. The number of amidine groups is 1. The van der Waals surface area contributed by atoms with Crippen LogP contribution in [-0.4, -0.2) is 66.2 Å². The summed E-state index contributed by atoms with van der Waals surface area (Å²) in [7, 11) is -4.26. The Morgan fingerprint density at radius 1 is 0.727 bits per heavy atom. The van der Waals surface area contributed by atoms with Crippen LogP contribution in [0.3, 0.4) is 0 Å². The van der Waals surface area contributed by atoms with Crippen molar-refractivity contribution in [3.63, 3.8) is 0 Å². The number of hydrogen-bond donors (Lipinski definition) is 1. The van der Waals surface area contributed by atoms with Crippen molar-refractivity contribution in [1.82, 2.24) is 9.21 Å². The summed E-state index contributed by atoms with van der Waals surface area (Å²) in [5.74, 6) is -1.08. The maximum atomic E-state index is 14.9. The SMILES string of the molecule is CCCCCCCCCCCCCCCCCCN1C(C(C(=O)Nc2ccccc2Sc2cc(C)ccc2OCCCCCCCC)N2C(=O)OC(C)(C)C2=O)=Nc2ccccc2S1(=O)=O. The van der Waals surface area contributed by atoms with Gasteiger partial charge >= 0.3 is 6.09 Å². The molecule has 0 spiro atoms. The lowest BCUT2D eigenvalue weighted by Crippen LogP contribution is -2.59. The Hall–Kier alpha value is -4.36. The molecule has 0 saturated carbocycles. The Bertz CT molecular complexity index is 2180. The number of aliphatic imine (C=N–C) groups is 1. The Labute approximate surface area is 400 Å². The van der Waals surface area contributed by atoms with Crippen molar-refractivity contribution in [1.29, 1.82) is 0 Å². The maximum Gasteiger partial charge on any atom is 0.418 e. The van der Waals surface area contributed by atoms with Gasteiger partial charge in [-0.15, -0.1) is 0 Å². The fraction of sp³-hybridized carbons (Fsp3) is 0.585. The number of carbonyl (C=O) groups excluding carboxylic acids is 3. The number of amides is 3. The lowest BCUT2D eigenvalue weighted by Gasteiger charge is -2.35. The summed E-state index contributed by atoms with van der Waals surface area (Å²) in [5, 5.41) is 2.98. The number of para-hydroxylation sites is 2. The third kappa shape index (κ3) is 15.1. The topological polar surface area (TPSA) is 135 Å². The number of nitrogens with zero attached hydrogens (tertiary/aromatic N) is 3. The Morgan fingerprint density at radius 3 is 1.86 bits per heavy atom. The second kappa shape index (κ2) is 26.8. The van der Waals surface area contributed by atoms with E-state index >= 15 is 0 Å². The average molecular weight is 945 g/mol. The molecule has 1 fully saturated rings. The molecule has 0 radical (unpaired) electrons. The molecule has 0 aromatic heterocycles. The number of benzene rings is 3. The largest absolute Gasteiger partial charge is 0.492 e. The molecule has 5 rings (SSSR count). The van der Waals surface area contributed by atoms with Crippen LogP contribution in [-0.2, 0) is 24.3 Å².